The number of benzene rings is 1. The van der Waals surface area contributed by atoms with E-state index in [0.717, 1.165) is 0 Å². The molecule has 0 spiro atoms. The molecular weight excluding hydrogens is 442 g/mol. The van der Waals surface area contributed by atoms with Gasteiger partial charge >= 0.3 is 0 Å². The summed E-state index contributed by atoms with van der Waals surface area (Å²) < 4.78 is 34.3. The smallest absolute Gasteiger partial charge is 0.251 e. The Hall–Kier alpha value is -2.88. The first-order valence-corrected chi connectivity index (χ1v) is 10.4. The van der Waals surface area contributed by atoms with Crippen molar-refractivity contribution in [3.63, 3.8) is 0 Å². The first-order valence-electron chi connectivity index (χ1n) is 10.1. The van der Waals surface area contributed by atoms with Gasteiger partial charge < -0.3 is 19.7 Å². The van der Waals surface area contributed by atoms with Gasteiger partial charge in [0, 0.05) is 30.6 Å². The summed E-state index contributed by atoms with van der Waals surface area (Å²) in [5, 5.41) is 12.8. The molecule has 2 N–H and O–H groups in total. The van der Waals surface area contributed by atoms with Crippen LogP contribution < -0.4 is 10.9 Å². The Kier molecular flexibility index (Phi) is 6.78. The Morgan fingerprint density at radius 2 is 2.16 bits per heavy atom. The van der Waals surface area contributed by atoms with Gasteiger partial charge in [-0.3, -0.25) is 4.79 Å². The third-order valence-electron chi connectivity index (χ3n) is 5.34. The first-order chi connectivity index (χ1) is 15.5. The quantitative estimate of drug-likeness (QED) is 0.584. The lowest BCUT2D eigenvalue weighted by molar-refractivity contribution is 0.0284. The monoisotopic (exact) mass is 462 g/mol. The van der Waals surface area contributed by atoms with Crippen LogP contribution in [0.25, 0.3) is 11.3 Å². The molecule has 1 aliphatic rings. The van der Waals surface area contributed by atoms with Gasteiger partial charge in [0.1, 0.15) is 12.0 Å². The number of aromatic nitrogens is 3. The van der Waals surface area contributed by atoms with E-state index in [4.69, 9.17) is 16.3 Å². The molecule has 1 fully saturated rings. The minimum Gasteiger partial charge on any atom is -0.394 e. The van der Waals surface area contributed by atoms with Crippen LogP contribution in [0.5, 0.6) is 0 Å². The van der Waals surface area contributed by atoms with Crippen LogP contribution in [-0.4, -0.2) is 51.7 Å². The van der Waals surface area contributed by atoms with Gasteiger partial charge in [0.15, 0.2) is 0 Å². The van der Waals surface area contributed by atoms with Crippen molar-refractivity contribution in [2.24, 2.45) is 0 Å². The van der Waals surface area contributed by atoms with Gasteiger partial charge in [-0.1, -0.05) is 17.7 Å². The van der Waals surface area contributed by atoms with Crippen LogP contribution in [0.4, 0.5) is 14.7 Å². The topological polar surface area (TPSA) is 89.3 Å². The molecule has 0 aliphatic carbocycles. The fraction of sp³-hybridized carbons (Fsp3) is 0.318. The highest BCUT2D eigenvalue weighted by atomic mass is 35.5. The Morgan fingerprint density at radius 3 is 2.88 bits per heavy atom. The van der Waals surface area contributed by atoms with Gasteiger partial charge in [0.2, 0.25) is 5.95 Å². The van der Waals surface area contributed by atoms with Crippen LogP contribution in [0.1, 0.15) is 18.0 Å². The molecule has 168 valence electrons. The average molecular weight is 463 g/mol. The summed E-state index contributed by atoms with van der Waals surface area (Å²) >= 11 is 5.73. The number of nitrogens with one attached hydrogen (secondary N) is 1. The third kappa shape index (κ3) is 4.79. The molecule has 3 heterocycles. The average Bonchev–Trinajstić information content (AvgIpc) is 2.79. The summed E-state index contributed by atoms with van der Waals surface area (Å²) in [7, 11) is 0. The molecule has 0 bridgehead atoms. The Morgan fingerprint density at radius 1 is 1.31 bits per heavy atom. The van der Waals surface area contributed by atoms with Crippen LogP contribution in [0.15, 0.2) is 53.6 Å². The van der Waals surface area contributed by atoms with E-state index in [1.165, 1.54) is 35.2 Å². The molecule has 0 radical (unpaired) electrons. The van der Waals surface area contributed by atoms with Crippen LogP contribution in [-0.2, 0) is 4.74 Å². The van der Waals surface area contributed by atoms with Gasteiger partial charge in [-0.2, -0.15) is 0 Å². The van der Waals surface area contributed by atoms with Gasteiger partial charge in [0.05, 0.1) is 36.0 Å². The summed E-state index contributed by atoms with van der Waals surface area (Å²) in [6.07, 6.45) is 2.37. The molecule has 7 nitrogen and oxygen atoms in total. The largest absolute Gasteiger partial charge is 0.394 e. The van der Waals surface area contributed by atoms with Crippen molar-refractivity contribution in [2.45, 2.75) is 24.7 Å². The van der Waals surface area contributed by atoms with Crippen molar-refractivity contribution in [2.75, 3.05) is 25.1 Å². The SMILES string of the molecule is O=c1cc(-c2ccnc(N[C@H]3CCOC[C@H]3F)n2)ccn1C(CO)c1ccc(Cl)c(F)c1. The molecule has 3 aromatic rings. The lowest BCUT2D eigenvalue weighted by Crippen LogP contribution is -2.39. The van der Waals surface area contributed by atoms with Gasteiger partial charge in [-0.05, 0) is 36.2 Å². The Labute approximate surface area is 187 Å². The van der Waals surface area contributed by atoms with E-state index in [9.17, 15) is 18.7 Å². The number of pyridine rings is 1. The minimum atomic E-state index is -1.16. The van der Waals surface area contributed by atoms with E-state index in [1.807, 2.05) is 0 Å². The zero-order chi connectivity index (χ0) is 22.7. The van der Waals surface area contributed by atoms with E-state index in [-0.39, 0.29) is 17.6 Å². The minimum absolute atomic E-state index is 0.0269. The number of halogens is 3. The third-order valence-corrected chi connectivity index (χ3v) is 5.64. The Bertz CT molecular complexity index is 1160. The lowest BCUT2D eigenvalue weighted by Gasteiger charge is -2.26. The van der Waals surface area contributed by atoms with E-state index < -0.39 is 36.2 Å². The summed E-state index contributed by atoms with van der Waals surface area (Å²) in [6.45, 7) is 0.0794. The molecule has 1 aromatic carbocycles. The van der Waals surface area contributed by atoms with Crippen molar-refractivity contribution in [1.82, 2.24) is 14.5 Å². The van der Waals surface area contributed by atoms with Crippen molar-refractivity contribution in [3.8, 4) is 11.3 Å². The zero-order valence-corrected chi connectivity index (χ0v) is 17.7. The fourth-order valence-electron chi connectivity index (χ4n) is 3.60. The number of hydrogen-bond acceptors (Lipinski definition) is 6. The maximum absolute atomic E-state index is 14.0. The van der Waals surface area contributed by atoms with Crippen molar-refractivity contribution < 1.29 is 18.6 Å². The molecule has 10 heteroatoms. The number of aliphatic hydroxyl groups excluding tert-OH is 1. The fourth-order valence-corrected chi connectivity index (χ4v) is 3.72. The molecule has 0 amide bonds. The lowest BCUT2D eigenvalue weighted by atomic mass is 10.1. The van der Waals surface area contributed by atoms with E-state index in [0.29, 0.717) is 29.8 Å². The highest BCUT2D eigenvalue weighted by Gasteiger charge is 2.26. The van der Waals surface area contributed by atoms with Gasteiger partial charge in [-0.15, -0.1) is 0 Å². The number of aliphatic hydroxyl groups is 1. The molecule has 32 heavy (non-hydrogen) atoms. The molecule has 1 unspecified atom stereocenters. The highest BCUT2D eigenvalue weighted by molar-refractivity contribution is 6.30. The number of alkyl halides is 1. The van der Waals surface area contributed by atoms with Crippen molar-refractivity contribution in [3.05, 3.63) is 75.5 Å². The predicted octanol–water partition coefficient (Wildman–Crippen LogP) is 3.22. The normalized spacial score (nSPS) is 19.5. The van der Waals surface area contributed by atoms with Crippen LogP contribution in [0.2, 0.25) is 5.02 Å². The number of nitrogens with zero attached hydrogens (tertiary/aromatic N) is 3. The summed E-state index contributed by atoms with van der Waals surface area (Å²) in [4.78, 5) is 21.3. The van der Waals surface area contributed by atoms with E-state index >= 15 is 0 Å². The summed E-state index contributed by atoms with van der Waals surface area (Å²) in [6, 6.07) is 7.58. The molecule has 0 saturated carbocycles. The summed E-state index contributed by atoms with van der Waals surface area (Å²) in [5.74, 6) is -0.376. The molecule has 2 aromatic heterocycles. The van der Waals surface area contributed by atoms with Crippen LogP contribution >= 0.6 is 11.6 Å². The number of ether oxygens (including phenoxy) is 1. The molecular formula is C22H21ClF2N4O3. The molecule has 1 saturated heterocycles. The molecule has 4 rings (SSSR count). The van der Waals surface area contributed by atoms with Crippen LogP contribution in [0.3, 0.4) is 0 Å². The number of hydrogen-bond donors (Lipinski definition) is 2. The standard InChI is InChI=1S/C22H21ClF2N4O3/c23-15-2-1-14(9-16(15)24)20(11-30)29-7-4-13(10-21(29)31)18-3-6-26-22(27-18)28-19-5-8-32-12-17(19)25/h1-4,6-7,9-10,17,19-20,30H,5,8,11-12H2,(H,26,27,28)/t17-,19+,20?/m1/s1. The predicted molar refractivity (Wildman–Crippen MR) is 116 cm³/mol. The summed E-state index contributed by atoms with van der Waals surface area (Å²) in [5.41, 5.74) is 1.01. The van der Waals surface area contributed by atoms with Crippen LogP contribution in [0, 0.1) is 5.82 Å². The molecule has 3 atom stereocenters. The highest BCUT2D eigenvalue weighted by Crippen LogP contribution is 2.24. The van der Waals surface area contributed by atoms with Crippen molar-refractivity contribution >= 4 is 17.5 Å². The second-order valence-corrected chi connectivity index (χ2v) is 7.84. The van der Waals surface area contributed by atoms with Crippen molar-refractivity contribution in [1.29, 1.82) is 0 Å². The van der Waals surface area contributed by atoms with Gasteiger partial charge in [0.25, 0.3) is 5.56 Å². The van der Waals surface area contributed by atoms with E-state index in [2.05, 4.69) is 15.3 Å². The van der Waals surface area contributed by atoms with E-state index in [1.54, 1.807) is 18.2 Å². The Balaban J connectivity index is 1.59. The second kappa shape index (κ2) is 9.72. The molecule has 1 aliphatic heterocycles. The second-order valence-electron chi connectivity index (χ2n) is 7.43. The maximum Gasteiger partial charge on any atom is 0.251 e. The maximum atomic E-state index is 14.0. The van der Waals surface area contributed by atoms with Gasteiger partial charge in [-0.25, -0.2) is 18.7 Å². The number of anilines is 1. The number of rotatable bonds is 6. The zero-order valence-electron chi connectivity index (χ0n) is 16.9. The first kappa shape index (κ1) is 22.3.